The smallest absolute Gasteiger partial charge is 0.00646 e. The molecule has 0 radical (unpaired) electrons. The Morgan fingerprint density at radius 1 is 1.12 bits per heavy atom. The molecule has 2 unspecified atom stereocenters. The molecule has 0 aliphatic rings. The Morgan fingerprint density at radius 2 is 1.81 bits per heavy atom. The van der Waals surface area contributed by atoms with Crippen molar-refractivity contribution in [2.45, 2.75) is 52.0 Å². The topological polar surface area (TPSA) is 26.0 Å². The highest BCUT2D eigenvalue weighted by molar-refractivity contribution is 5.14. The van der Waals surface area contributed by atoms with Crippen molar-refractivity contribution in [1.29, 1.82) is 0 Å². The molecule has 16 heavy (non-hydrogen) atoms. The predicted molar refractivity (Wildman–Crippen MR) is 71.4 cm³/mol. The quantitative estimate of drug-likeness (QED) is 0.742. The lowest BCUT2D eigenvalue weighted by Gasteiger charge is -2.19. The molecular weight excluding hydrogens is 194 g/mol. The maximum absolute atomic E-state index is 6.17. The molecule has 0 saturated heterocycles. The molecule has 0 fully saturated rings. The van der Waals surface area contributed by atoms with Gasteiger partial charge in [0.15, 0.2) is 0 Å². The second kappa shape index (κ2) is 7.45. The van der Waals surface area contributed by atoms with Crippen LogP contribution in [0, 0.1) is 5.92 Å². The van der Waals surface area contributed by atoms with Crippen molar-refractivity contribution in [1.82, 2.24) is 0 Å². The van der Waals surface area contributed by atoms with Crippen LogP contribution in [0.3, 0.4) is 0 Å². The van der Waals surface area contributed by atoms with Gasteiger partial charge in [0, 0.05) is 6.04 Å². The van der Waals surface area contributed by atoms with E-state index in [2.05, 4.69) is 44.2 Å². The van der Waals surface area contributed by atoms with Crippen LogP contribution in [-0.4, -0.2) is 6.04 Å². The molecule has 2 atom stereocenters. The Labute approximate surface area is 100 Å². The molecular formula is C15H25N. The third-order valence-corrected chi connectivity index (χ3v) is 3.32. The van der Waals surface area contributed by atoms with E-state index in [1.165, 1.54) is 24.8 Å². The summed E-state index contributed by atoms with van der Waals surface area (Å²) in [5.74, 6) is 0.667. The summed E-state index contributed by atoms with van der Waals surface area (Å²) >= 11 is 0. The second-order valence-electron chi connectivity index (χ2n) is 4.81. The molecule has 0 bridgehead atoms. The minimum atomic E-state index is 0.378. The average Bonchev–Trinajstić information content (AvgIpc) is 2.30. The normalized spacial score (nSPS) is 14.7. The molecule has 0 aromatic heterocycles. The second-order valence-corrected chi connectivity index (χ2v) is 4.81. The van der Waals surface area contributed by atoms with E-state index in [1.807, 2.05) is 0 Å². The minimum Gasteiger partial charge on any atom is -0.327 e. The van der Waals surface area contributed by atoms with Gasteiger partial charge in [0.2, 0.25) is 0 Å². The van der Waals surface area contributed by atoms with E-state index >= 15 is 0 Å². The molecule has 0 heterocycles. The number of hydrogen-bond acceptors (Lipinski definition) is 1. The zero-order chi connectivity index (χ0) is 11.8. The summed E-state index contributed by atoms with van der Waals surface area (Å²) < 4.78 is 0. The molecule has 1 aromatic carbocycles. The first-order valence-corrected chi connectivity index (χ1v) is 6.53. The Balaban J connectivity index is 2.20. The van der Waals surface area contributed by atoms with Crippen LogP contribution >= 0.6 is 0 Å². The molecule has 1 heteroatoms. The van der Waals surface area contributed by atoms with Crippen molar-refractivity contribution in [2.24, 2.45) is 11.7 Å². The van der Waals surface area contributed by atoms with Gasteiger partial charge in [-0.25, -0.2) is 0 Å². The van der Waals surface area contributed by atoms with Crippen LogP contribution < -0.4 is 5.73 Å². The van der Waals surface area contributed by atoms with Crippen LogP contribution in [0.1, 0.15) is 45.1 Å². The Hall–Kier alpha value is -0.820. The first-order chi connectivity index (χ1) is 7.74. The van der Waals surface area contributed by atoms with Gasteiger partial charge in [0.1, 0.15) is 0 Å². The van der Waals surface area contributed by atoms with E-state index < -0.39 is 0 Å². The molecule has 1 aromatic rings. The van der Waals surface area contributed by atoms with Crippen molar-refractivity contribution in [3.05, 3.63) is 35.9 Å². The van der Waals surface area contributed by atoms with E-state index in [0.717, 1.165) is 12.8 Å². The summed E-state index contributed by atoms with van der Waals surface area (Å²) in [6.07, 6.45) is 6.02. The number of benzene rings is 1. The van der Waals surface area contributed by atoms with E-state index in [1.54, 1.807) is 0 Å². The average molecular weight is 219 g/mol. The van der Waals surface area contributed by atoms with Gasteiger partial charge in [-0.05, 0) is 37.2 Å². The monoisotopic (exact) mass is 219 g/mol. The van der Waals surface area contributed by atoms with Crippen LogP contribution in [0.5, 0.6) is 0 Å². The third kappa shape index (κ3) is 4.80. The fourth-order valence-corrected chi connectivity index (χ4v) is 2.14. The molecule has 0 aliphatic carbocycles. The van der Waals surface area contributed by atoms with E-state index in [4.69, 9.17) is 5.73 Å². The molecule has 0 aliphatic heterocycles. The zero-order valence-electron chi connectivity index (χ0n) is 10.7. The highest BCUT2D eigenvalue weighted by Gasteiger charge is 2.10. The highest BCUT2D eigenvalue weighted by Crippen LogP contribution is 2.14. The molecule has 90 valence electrons. The fraction of sp³-hybridized carbons (Fsp3) is 0.600. The predicted octanol–water partition coefficient (Wildman–Crippen LogP) is 3.77. The Bertz CT molecular complexity index is 268. The Kier molecular flexibility index (Phi) is 6.17. The van der Waals surface area contributed by atoms with Gasteiger partial charge in [-0.3, -0.25) is 0 Å². The lowest BCUT2D eigenvalue weighted by molar-refractivity contribution is 0.395. The van der Waals surface area contributed by atoms with Crippen molar-refractivity contribution >= 4 is 0 Å². The van der Waals surface area contributed by atoms with Crippen LogP contribution in [0.4, 0.5) is 0 Å². The lowest BCUT2D eigenvalue weighted by atomic mass is 9.93. The largest absolute Gasteiger partial charge is 0.327 e. The zero-order valence-corrected chi connectivity index (χ0v) is 10.7. The number of nitrogens with two attached hydrogens (primary N) is 1. The number of hydrogen-bond donors (Lipinski definition) is 1. The molecule has 2 N–H and O–H groups in total. The van der Waals surface area contributed by atoms with Crippen molar-refractivity contribution in [3.63, 3.8) is 0 Å². The first-order valence-electron chi connectivity index (χ1n) is 6.53. The standard InChI is InChI=1S/C15H25N/c1-3-8-13(2)15(16)12-7-11-14-9-5-4-6-10-14/h4-6,9-10,13,15H,3,7-8,11-12,16H2,1-2H3. The van der Waals surface area contributed by atoms with Gasteiger partial charge in [-0.1, -0.05) is 50.6 Å². The summed E-state index contributed by atoms with van der Waals surface area (Å²) in [7, 11) is 0. The maximum atomic E-state index is 6.17. The number of aryl methyl sites for hydroxylation is 1. The van der Waals surface area contributed by atoms with Gasteiger partial charge in [0.05, 0.1) is 0 Å². The molecule has 0 saturated carbocycles. The van der Waals surface area contributed by atoms with E-state index in [9.17, 15) is 0 Å². The molecule has 0 spiro atoms. The summed E-state index contributed by atoms with van der Waals surface area (Å²) in [5, 5.41) is 0. The van der Waals surface area contributed by atoms with Gasteiger partial charge in [-0.15, -0.1) is 0 Å². The van der Waals surface area contributed by atoms with Crippen LogP contribution in [0.2, 0.25) is 0 Å². The summed E-state index contributed by atoms with van der Waals surface area (Å²) in [5.41, 5.74) is 7.60. The Morgan fingerprint density at radius 3 is 2.44 bits per heavy atom. The van der Waals surface area contributed by atoms with Crippen molar-refractivity contribution in [2.75, 3.05) is 0 Å². The summed E-state index contributed by atoms with van der Waals surface area (Å²) in [4.78, 5) is 0. The first kappa shape index (κ1) is 13.2. The van der Waals surface area contributed by atoms with Crippen LogP contribution in [0.15, 0.2) is 30.3 Å². The number of rotatable bonds is 7. The lowest BCUT2D eigenvalue weighted by Crippen LogP contribution is -2.28. The van der Waals surface area contributed by atoms with Crippen molar-refractivity contribution < 1.29 is 0 Å². The van der Waals surface area contributed by atoms with Gasteiger partial charge in [0.25, 0.3) is 0 Å². The summed E-state index contributed by atoms with van der Waals surface area (Å²) in [6, 6.07) is 11.0. The van der Waals surface area contributed by atoms with Crippen LogP contribution in [-0.2, 0) is 6.42 Å². The minimum absolute atomic E-state index is 0.378. The maximum Gasteiger partial charge on any atom is 0.00646 e. The van der Waals surface area contributed by atoms with Crippen LogP contribution in [0.25, 0.3) is 0 Å². The fourth-order valence-electron chi connectivity index (χ4n) is 2.14. The van der Waals surface area contributed by atoms with E-state index in [0.29, 0.717) is 12.0 Å². The SMILES string of the molecule is CCCC(C)C(N)CCCc1ccccc1. The van der Waals surface area contributed by atoms with Crippen molar-refractivity contribution in [3.8, 4) is 0 Å². The highest BCUT2D eigenvalue weighted by atomic mass is 14.6. The summed E-state index contributed by atoms with van der Waals surface area (Å²) in [6.45, 7) is 4.50. The van der Waals surface area contributed by atoms with Gasteiger partial charge in [-0.2, -0.15) is 0 Å². The van der Waals surface area contributed by atoms with Gasteiger partial charge >= 0.3 is 0 Å². The molecule has 0 amide bonds. The third-order valence-electron chi connectivity index (χ3n) is 3.32. The van der Waals surface area contributed by atoms with E-state index in [-0.39, 0.29) is 0 Å². The molecule has 1 rings (SSSR count). The molecule has 1 nitrogen and oxygen atoms in total. The van der Waals surface area contributed by atoms with Gasteiger partial charge < -0.3 is 5.73 Å².